The third kappa shape index (κ3) is 5.42. The maximum absolute atomic E-state index is 13.0. The van der Waals surface area contributed by atoms with Gasteiger partial charge in [-0.15, -0.1) is 0 Å². The van der Waals surface area contributed by atoms with Gasteiger partial charge < -0.3 is 19.8 Å². The van der Waals surface area contributed by atoms with E-state index in [0.717, 1.165) is 29.2 Å². The normalized spacial score (nSPS) is 11.7. The molecule has 0 bridgehead atoms. The molecule has 0 unspecified atom stereocenters. The van der Waals surface area contributed by atoms with Crippen LogP contribution < -0.4 is 4.74 Å². The van der Waals surface area contributed by atoms with Crippen molar-refractivity contribution in [1.29, 1.82) is 10.5 Å². The molecule has 0 atom stereocenters. The number of likely N-dealkylation sites (N-methyl/N-ethyl adjacent to an activating group) is 1. The number of ether oxygens (including phenoxy) is 1. The van der Waals surface area contributed by atoms with Gasteiger partial charge in [0, 0.05) is 12.6 Å². The highest BCUT2D eigenvalue weighted by atomic mass is 35.5. The van der Waals surface area contributed by atoms with E-state index in [1.54, 1.807) is 12.1 Å². The van der Waals surface area contributed by atoms with E-state index in [9.17, 15) is 33.4 Å². The van der Waals surface area contributed by atoms with Gasteiger partial charge in [-0.1, -0.05) is 23.7 Å². The van der Waals surface area contributed by atoms with Gasteiger partial charge in [0.2, 0.25) is 0 Å². The SMILES string of the molecule is CN(CCOc1ccccc1C(F)(F)F)C(=O)/C(C#N)=C(\O)c1cc(Cl)c(O)c(C#N)c1. The second kappa shape index (κ2) is 9.94. The zero-order valence-corrected chi connectivity index (χ0v) is 17.2. The Labute approximate surface area is 185 Å². The summed E-state index contributed by atoms with van der Waals surface area (Å²) in [7, 11) is 1.26. The average molecular weight is 466 g/mol. The van der Waals surface area contributed by atoms with Crippen molar-refractivity contribution >= 4 is 23.3 Å². The Morgan fingerprint density at radius 3 is 2.50 bits per heavy atom. The zero-order valence-electron chi connectivity index (χ0n) is 16.4. The van der Waals surface area contributed by atoms with Crippen molar-refractivity contribution in [2.75, 3.05) is 20.2 Å². The number of hydrogen-bond acceptors (Lipinski definition) is 6. The second-order valence-corrected chi connectivity index (χ2v) is 6.78. The summed E-state index contributed by atoms with van der Waals surface area (Å²) in [4.78, 5) is 13.5. The van der Waals surface area contributed by atoms with E-state index < -0.39 is 40.5 Å². The third-order valence-corrected chi connectivity index (χ3v) is 4.53. The minimum absolute atomic E-state index is 0.155. The molecule has 0 radical (unpaired) electrons. The van der Waals surface area contributed by atoms with E-state index in [1.807, 2.05) is 0 Å². The van der Waals surface area contributed by atoms with Crippen molar-refractivity contribution in [2.45, 2.75) is 6.18 Å². The smallest absolute Gasteiger partial charge is 0.419 e. The van der Waals surface area contributed by atoms with Crippen LogP contribution in [-0.2, 0) is 11.0 Å². The number of para-hydroxylation sites is 1. The maximum Gasteiger partial charge on any atom is 0.419 e. The molecule has 0 aliphatic heterocycles. The molecule has 0 spiro atoms. The number of carbonyl (C=O) groups excluding carboxylic acids is 1. The van der Waals surface area contributed by atoms with Gasteiger partial charge in [0.15, 0.2) is 11.3 Å². The van der Waals surface area contributed by atoms with Crippen LogP contribution in [0.4, 0.5) is 13.2 Å². The highest BCUT2D eigenvalue weighted by molar-refractivity contribution is 6.32. The Balaban J connectivity index is 2.19. The number of hydrogen-bond donors (Lipinski definition) is 2. The molecule has 0 saturated carbocycles. The van der Waals surface area contributed by atoms with Crippen molar-refractivity contribution in [3.63, 3.8) is 0 Å². The molecule has 2 aromatic carbocycles. The van der Waals surface area contributed by atoms with E-state index in [4.69, 9.17) is 21.6 Å². The third-order valence-electron chi connectivity index (χ3n) is 4.24. The van der Waals surface area contributed by atoms with Crippen LogP contribution in [0.3, 0.4) is 0 Å². The maximum atomic E-state index is 13.0. The summed E-state index contributed by atoms with van der Waals surface area (Å²) in [6, 6.07) is 9.89. The van der Waals surface area contributed by atoms with Crippen LogP contribution in [0, 0.1) is 22.7 Å². The fraction of sp³-hybridized carbons (Fsp3) is 0.190. The van der Waals surface area contributed by atoms with Gasteiger partial charge in [0.05, 0.1) is 22.7 Å². The molecule has 32 heavy (non-hydrogen) atoms. The Hall–Kier alpha value is -3.89. The molecule has 0 saturated heterocycles. The van der Waals surface area contributed by atoms with E-state index in [0.29, 0.717) is 0 Å². The highest BCUT2D eigenvalue weighted by Crippen LogP contribution is 2.36. The number of phenols is 1. The van der Waals surface area contributed by atoms with Crippen LogP contribution in [-0.4, -0.2) is 41.2 Å². The number of nitriles is 2. The van der Waals surface area contributed by atoms with E-state index in [2.05, 4.69) is 0 Å². The van der Waals surface area contributed by atoms with Gasteiger partial charge in [0.1, 0.15) is 30.3 Å². The average Bonchev–Trinajstić information content (AvgIpc) is 2.75. The first kappa shape index (κ1) is 24.4. The predicted octanol–water partition coefficient (Wildman–Crippen LogP) is 4.27. The van der Waals surface area contributed by atoms with Crippen LogP contribution >= 0.6 is 11.6 Å². The molecule has 11 heteroatoms. The Morgan fingerprint density at radius 1 is 1.25 bits per heavy atom. The number of aliphatic hydroxyl groups excluding tert-OH is 1. The fourth-order valence-corrected chi connectivity index (χ4v) is 2.80. The summed E-state index contributed by atoms with van der Waals surface area (Å²) >= 11 is 5.79. The molecule has 0 aromatic heterocycles. The Morgan fingerprint density at radius 2 is 1.91 bits per heavy atom. The fourth-order valence-electron chi connectivity index (χ4n) is 2.58. The monoisotopic (exact) mass is 465 g/mol. The van der Waals surface area contributed by atoms with Gasteiger partial charge >= 0.3 is 6.18 Å². The second-order valence-electron chi connectivity index (χ2n) is 6.37. The number of halogens is 4. The first-order valence-electron chi connectivity index (χ1n) is 8.82. The molecule has 2 N–H and O–H groups in total. The van der Waals surface area contributed by atoms with E-state index >= 15 is 0 Å². The van der Waals surface area contributed by atoms with Crippen LogP contribution in [0.15, 0.2) is 42.0 Å². The molecular weight excluding hydrogens is 451 g/mol. The molecule has 0 aliphatic rings. The van der Waals surface area contributed by atoms with Crippen molar-refractivity contribution < 1.29 is 32.9 Å². The van der Waals surface area contributed by atoms with Gasteiger partial charge in [-0.05, 0) is 24.3 Å². The largest absolute Gasteiger partial charge is 0.506 e. The minimum Gasteiger partial charge on any atom is -0.506 e. The van der Waals surface area contributed by atoms with Gasteiger partial charge in [0.25, 0.3) is 5.91 Å². The lowest BCUT2D eigenvalue weighted by atomic mass is 10.0. The molecule has 2 rings (SSSR count). The summed E-state index contributed by atoms with van der Waals surface area (Å²) in [5.74, 6) is -2.67. The number of aliphatic hydroxyl groups is 1. The van der Waals surface area contributed by atoms with Crippen molar-refractivity contribution in [2.24, 2.45) is 0 Å². The summed E-state index contributed by atoms with van der Waals surface area (Å²) < 4.78 is 44.2. The van der Waals surface area contributed by atoms with Gasteiger partial charge in [-0.2, -0.15) is 23.7 Å². The molecule has 166 valence electrons. The van der Waals surface area contributed by atoms with Crippen molar-refractivity contribution in [3.8, 4) is 23.6 Å². The lowest BCUT2D eigenvalue weighted by Crippen LogP contribution is -2.32. The van der Waals surface area contributed by atoms with Crippen molar-refractivity contribution in [3.05, 3.63) is 63.7 Å². The molecule has 1 amide bonds. The summed E-state index contributed by atoms with van der Waals surface area (Å²) in [5.41, 5.74) is -2.11. The Bertz CT molecular complexity index is 1150. The van der Waals surface area contributed by atoms with E-state index in [1.165, 1.54) is 19.2 Å². The summed E-state index contributed by atoms with van der Waals surface area (Å²) in [5, 5.41) is 38.1. The molecular formula is C21H15ClF3N3O4. The number of amides is 1. The van der Waals surface area contributed by atoms with E-state index in [-0.39, 0.29) is 29.3 Å². The number of rotatable bonds is 6. The van der Waals surface area contributed by atoms with Crippen LogP contribution in [0.2, 0.25) is 5.02 Å². The zero-order chi connectivity index (χ0) is 24.1. The predicted molar refractivity (Wildman–Crippen MR) is 108 cm³/mol. The number of alkyl halides is 3. The molecule has 2 aromatic rings. The van der Waals surface area contributed by atoms with Gasteiger partial charge in [-0.25, -0.2) is 0 Å². The van der Waals surface area contributed by atoms with Crippen molar-refractivity contribution in [1.82, 2.24) is 4.90 Å². The van der Waals surface area contributed by atoms with Gasteiger partial charge in [-0.3, -0.25) is 4.79 Å². The molecule has 0 heterocycles. The van der Waals surface area contributed by atoms with Crippen LogP contribution in [0.5, 0.6) is 11.5 Å². The summed E-state index contributed by atoms with van der Waals surface area (Å²) in [6.45, 7) is -0.526. The quantitative estimate of drug-likeness (QED) is 0.374. The topological polar surface area (TPSA) is 118 Å². The first-order chi connectivity index (χ1) is 15.0. The minimum atomic E-state index is -4.62. The molecule has 0 aliphatic carbocycles. The molecule has 0 fully saturated rings. The summed E-state index contributed by atoms with van der Waals surface area (Å²) in [6.07, 6.45) is -4.62. The Kier molecular flexibility index (Phi) is 7.58. The number of phenolic OH excluding ortho intramolecular Hbond substituents is 1. The lowest BCUT2D eigenvalue weighted by Gasteiger charge is -2.19. The lowest BCUT2D eigenvalue weighted by molar-refractivity contribution is -0.139. The number of carbonyl (C=O) groups is 1. The number of nitrogens with zero attached hydrogens (tertiary/aromatic N) is 3. The molecule has 7 nitrogen and oxygen atoms in total. The number of benzene rings is 2. The first-order valence-corrected chi connectivity index (χ1v) is 9.19. The van der Waals surface area contributed by atoms with Crippen LogP contribution in [0.1, 0.15) is 16.7 Å². The standard InChI is InChI=1S/C21H15ClF3N3O4/c1-28(6-7-32-17-5-3-2-4-15(17)21(23,24)25)20(31)14(11-27)18(29)12-8-13(10-26)19(30)16(22)9-12/h2-5,8-9,29-30H,6-7H2,1H3/b18-14-. The van der Waals surface area contributed by atoms with Crippen LogP contribution in [0.25, 0.3) is 5.76 Å². The number of aromatic hydroxyl groups is 1. The highest BCUT2D eigenvalue weighted by Gasteiger charge is 2.34.